The Labute approximate surface area is 159 Å². The zero-order valence-corrected chi connectivity index (χ0v) is 15.4. The van der Waals surface area contributed by atoms with E-state index >= 15 is 0 Å². The summed E-state index contributed by atoms with van der Waals surface area (Å²) in [5.74, 6) is -0.689. The number of aromatic nitrogens is 1. The van der Waals surface area contributed by atoms with Crippen molar-refractivity contribution in [2.75, 3.05) is 5.32 Å². The third kappa shape index (κ3) is 4.04. The van der Waals surface area contributed by atoms with Crippen LogP contribution >= 0.6 is 11.3 Å². The van der Waals surface area contributed by atoms with Crippen molar-refractivity contribution in [3.63, 3.8) is 0 Å². The number of carbonyl (C=O) groups is 2. The number of thiophene rings is 1. The van der Waals surface area contributed by atoms with Gasteiger partial charge in [-0.05, 0) is 37.4 Å². The van der Waals surface area contributed by atoms with Crippen LogP contribution < -0.4 is 5.32 Å². The normalized spacial score (nSPS) is 11.4. The van der Waals surface area contributed by atoms with E-state index in [4.69, 9.17) is 14.4 Å². The second kappa shape index (κ2) is 7.85. The number of amides is 1. The van der Waals surface area contributed by atoms with Crippen molar-refractivity contribution in [2.24, 2.45) is 0 Å². The van der Waals surface area contributed by atoms with Gasteiger partial charge in [-0.15, -0.1) is 11.3 Å². The molecule has 7 nitrogen and oxygen atoms in total. The number of oxazole rings is 1. The van der Waals surface area contributed by atoms with E-state index in [1.165, 1.54) is 18.3 Å². The summed E-state index contributed by atoms with van der Waals surface area (Å²) < 4.78 is 10.7. The highest BCUT2D eigenvalue weighted by Crippen LogP contribution is 2.24. The Morgan fingerprint density at radius 3 is 2.74 bits per heavy atom. The van der Waals surface area contributed by atoms with Gasteiger partial charge in [-0.25, -0.2) is 9.78 Å². The minimum absolute atomic E-state index is 0.0161. The first-order valence-electron chi connectivity index (χ1n) is 8.02. The van der Waals surface area contributed by atoms with Crippen LogP contribution in [0.1, 0.15) is 28.7 Å². The molecule has 0 aliphatic carbocycles. The SMILES string of the molecule is Cc1oc(-c2ccccc2)nc1C(=O)OC(C)C(=O)Nc1sccc1C#N. The van der Waals surface area contributed by atoms with Gasteiger partial charge >= 0.3 is 5.97 Å². The lowest BCUT2D eigenvalue weighted by Crippen LogP contribution is -2.30. The van der Waals surface area contributed by atoms with E-state index in [1.807, 2.05) is 36.4 Å². The van der Waals surface area contributed by atoms with E-state index in [1.54, 1.807) is 18.4 Å². The van der Waals surface area contributed by atoms with Crippen molar-refractivity contribution in [2.45, 2.75) is 20.0 Å². The molecule has 1 unspecified atom stereocenters. The van der Waals surface area contributed by atoms with Crippen LogP contribution in [-0.4, -0.2) is 23.0 Å². The molecule has 2 heterocycles. The monoisotopic (exact) mass is 381 g/mol. The highest BCUT2D eigenvalue weighted by molar-refractivity contribution is 7.14. The molecular weight excluding hydrogens is 366 g/mol. The number of anilines is 1. The summed E-state index contributed by atoms with van der Waals surface area (Å²) in [5.41, 5.74) is 1.10. The number of nitrogens with one attached hydrogen (secondary N) is 1. The summed E-state index contributed by atoms with van der Waals surface area (Å²) in [4.78, 5) is 28.8. The highest BCUT2D eigenvalue weighted by Gasteiger charge is 2.25. The second-order valence-corrected chi connectivity index (χ2v) is 6.52. The Morgan fingerprint density at radius 2 is 2.04 bits per heavy atom. The molecule has 0 fully saturated rings. The minimum Gasteiger partial charge on any atom is -0.448 e. The summed E-state index contributed by atoms with van der Waals surface area (Å²) in [5, 5.41) is 13.7. The summed E-state index contributed by atoms with van der Waals surface area (Å²) in [6.07, 6.45) is -1.07. The lowest BCUT2D eigenvalue weighted by Gasteiger charge is -2.12. The molecule has 0 spiro atoms. The van der Waals surface area contributed by atoms with Crippen molar-refractivity contribution in [1.82, 2.24) is 4.98 Å². The third-order valence-electron chi connectivity index (χ3n) is 3.69. The number of benzene rings is 1. The Kier molecular flexibility index (Phi) is 5.33. The molecule has 1 N–H and O–H groups in total. The number of esters is 1. The van der Waals surface area contributed by atoms with Crippen molar-refractivity contribution in [1.29, 1.82) is 5.26 Å². The van der Waals surface area contributed by atoms with E-state index in [-0.39, 0.29) is 5.69 Å². The van der Waals surface area contributed by atoms with Gasteiger partial charge in [0.15, 0.2) is 11.8 Å². The van der Waals surface area contributed by atoms with Crippen molar-refractivity contribution < 1.29 is 18.7 Å². The number of hydrogen-bond acceptors (Lipinski definition) is 7. The number of aryl methyl sites for hydroxylation is 1. The van der Waals surface area contributed by atoms with E-state index < -0.39 is 18.0 Å². The Balaban J connectivity index is 1.69. The van der Waals surface area contributed by atoms with Gasteiger partial charge in [0.1, 0.15) is 16.8 Å². The average molecular weight is 381 g/mol. The van der Waals surface area contributed by atoms with Gasteiger partial charge in [0.25, 0.3) is 5.91 Å². The maximum absolute atomic E-state index is 12.4. The zero-order chi connectivity index (χ0) is 19.4. The number of ether oxygens (including phenoxy) is 1. The molecule has 8 heteroatoms. The Morgan fingerprint density at radius 1 is 1.30 bits per heavy atom. The molecule has 1 aromatic carbocycles. The topological polar surface area (TPSA) is 105 Å². The fourth-order valence-corrected chi connectivity index (χ4v) is 3.01. The molecule has 1 amide bonds. The third-order valence-corrected chi connectivity index (χ3v) is 4.52. The first-order valence-corrected chi connectivity index (χ1v) is 8.90. The fourth-order valence-electron chi connectivity index (χ4n) is 2.27. The van der Waals surface area contributed by atoms with Gasteiger partial charge in [0, 0.05) is 5.56 Å². The maximum Gasteiger partial charge on any atom is 0.361 e. The molecule has 27 heavy (non-hydrogen) atoms. The Hall–Kier alpha value is -3.44. The van der Waals surface area contributed by atoms with Crippen molar-refractivity contribution in [3.05, 3.63) is 58.8 Å². The van der Waals surface area contributed by atoms with Crippen LogP contribution in [0.15, 0.2) is 46.2 Å². The van der Waals surface area contributed by atoms with Gasteiger partial charge in [-0.1, -0.05) is 18.2 Å². The standard InChI is InChI=1S/C19H15N3O4S/c1-11-15(21-17(25-11)13-6-4-3-5-7-13)19(24)26-12(2)16(23)22-18-14(10-20)8-9-27-18/h3-9,12H,1-2H3,(H,22,23). The van der Waals surface area contributed by atoms with E-state index in [0.717, 1.165) is 5.56 Å². The first kappa shape index (κ1) is 18.4. The van der Waals surface area contributed by atoms with Gasteiger partial charge in [0.05, 0.1) is 5.56 Å². The van der Waals surface area contributed by atoms with Crippen LogP contribution in [-0.2, 0) is 9.53 Å². The molecule has 3 rings (SSSR count). The predicted molar refractivity (Wildman–Crippen MR) is 99.2 cm³/mol. The number of hydrogen-bond donors (Lipinski definition) is 1. The maximum atomic E-state index is 12.4. The van der Waals surface area contributed by atoms with E-state index in [2.05, 4.69) is 10.3 Å². The number of nitrogens with zero attached hydrogens (tertiary/aromatic N) is 2. The van der Waals surface area contributed by atoms with Crippen molar-refractivity contribution in [3.8, 4) is 17.5 Å². The minimum atomic E-state index is -1.07. The van der Waals surface area contributed by atoms with E-state index in [9.17, 15) is 9.59 Å². The lowest BCUT2D eigenvalue weighted by atomic mass is 10.2. The van der Waals surface area contributed by atoms with Gasteiger partial charge < -0.3 is 14.5 Å². The van der Waals surface area contributed by atoms with Crippen molar-refractivity contribution >= 4 is 28.2 Å². The second-order valence-electron chi connectivity index (χ2n) is 5.60. The van der Waals surface area contributed by atoms with Gasteiger partial charge in [-0.3, -0.25) is 4.79 Å². The summed E-state index contributed by atoms with van der Waals surface area (Å²) in [6, 6.07) is 12.7. The molecule has 0 saturated heterocycles. The molecular formula is C19H15N3O4S. The number of nitriles is 1. The number of rotatable bonds is 5. The fraction of sp³-hybridized carbons (Fsp3) is 0.158. The van der Waals surface area contributed by atoms with Crippen LogP contribution in [0.3, 0.4) is 0 Å². The smallest absolute Gasteiger partial charge is 0.361 e. The lowest BCUT2D eigenvalue weighted by molar-refractivity contribution is -0.123. The zero-order valence-electron chi connectivity index (χ0n) is 14.6. The molecule has 0 bridgehead atoms. The molecule has 0 saturated carbocycles. The average Bonchev–Trinajstić information content (AvgIpc) is 3.28. The summed E-state index contributed by atoms with van der Waals surface area (Å²) in [7, 11) is 0. The van der Waals surface area contributed by atoms with Crippen LogP contribution in [0, 0.1) is 18.3 Å². The van der Waals surface area contributed by atoms with Crippen LogP contribution in [0.25, 0.3) is 11.5 Å². The van der Waals surface area contributed by atoms with Gasteiger partial charge in [-0.2, -0.15) is 5.26 Å². The molecule has 1 atom stereocenters. The predicted octanol–water partition coefficient (Wildman–Crippen LogP) is 3.77. The summed E-state index contributed by atoms with van der Waals surface area (Å²) in [6.45, 7) is 3.05. The largest absolute Gasteiger partial charge is 0.448 e. The quantitative estimate of drug-likeness (QED) is 0.675. The van der Waals surface area contributed by atoms with Crippen LogP contribution in [0.2, 0.25) is 0 Å². The van der Waals surface area contributed by atoms with Crippen LogP contribution in [0.4, 0.5) is 5.00 Å². The molecule has 0 aliphatic rings. The molecule has 136 valence electrons. The first-order chi connectivity index (χ1) is 13.0. The highest BCUT2D eigenvalue weighted by atomic mass is 32.1. The molecule has 0 aliphatic heterocycles. The van der Waals surface area contributed by atoms with Crippen LogP contribution in [0.5, 0.6) is 0 Å². The molecule has 2 aromatic heterocycles. The molecule has 0 radical (unpaired) electrons. The number of carbonyl (C=O) groups excluding carboxylic acids is 2. The Bertz CT molecular complexity index is 1020. The van der Waals surface area contributed by atoms with E-state index in [0.29, 0.717) is 22.2 Å². The van der Waals surface area contributed by atoms with Gasteiger partial charge in [0.2, 0.25) is 5.89 Å². The summed E-state index contributed by atoms with van der Waals surface area (Å²) >= 11 is 1.22. The molecule has 3 aromatic rings.